The Labute approximate surface area is 166 Å². The second-order valence-corrected chi connectivity index (χ2v) is 8.17. The van der Waals surface area contributed by atoms with Crippen LogP contribution in [-0.4, -0.2) is 22.7 Å². The maximum atomic E-state index is 12.7. The Morgan fingerprint density at radius 1 is 1.07 bits per heavy atom. The largest absolute Gasteiger partial charge is 0.306 e. The molecule has 4 aromatic rings. The molecule has 0 amide bonds. The summed E-state index contributed by atoms with van der Waals surface area (Å²) < 4.78 is 29.8. The fourth-order valence-electron chi connectivity index (χ4n) is 2.98. The molecule has 2 aromatic heterocycles. The average molecular weight is 408 g/mol. The zero-order valence-electron chi connectivity index (χ0n) is 15.3. The number of pyridine rings is 1. The first kappa shape index (κ1) is 18.6. The van der Waals surface area contributed by atoms with E-state index in [4.69, 9.17) is 0 Å². The molecule has 0 atom stereocenters. The summed E-state index contributed by atoms with van der Waals surface area (Å²) in [5.41, 5.74) is 2.70. The van der Waals surface area contributed by atoms with Gasteiger partial charge in [0.2, 0.25) is 0 Å². The van der Waals surface area contributed by atoms with Crippen LogP contribution in [0.1, 0.15) is 5.56 Å². The van der Waals surface area contributed by atoms with Gasteiger partial charge in [0.15, 0.2) is 0 Å². The van der Waals surface area contributed by atoms with Gasteiger partial charge in [0.05, 0.1) is 15.5 Å². The molecule has 0 bridgehead atoms. The van der Waals surface area contributed by atoms with Crippen LogP contribution < -0.4 is 4.72 Å². The number of nitro groups is 1. The lowest BCUT2D eigenvalue weighted by atomic mass is 10.1. The number of rotatable bonds is 5. The van der Waals surface area contributed by atoms with E-state index < -0.39 is 14.9 Å². The van der Waals surface area contributed by atoms with E-state index in [0.717, 1.165) is 17.3 Å². The van der Waals surface area contributed by atoms with Crippen molar-refractivity contribution >= 4 is 27.0 Å². The van der Waals surface area contributed by atoms with E-state index in [1.807, 2.05) is 41.1 Å². The predicted octanol–water partition coefficient (Wildman–Crippen LogP) is 4.02. The van der Waals surface area contributed by atoms with Crippen LogP contribution >= 0.6 is 0 Å². The number of anilines is 1. The Hall–Kier alpha value is -3.72. The van der Waals surface area contributed by atoms with Crippen molar-refractivity contribution in [1.82, 2.24) is 9.38 Å². The smallest absolute Gasteiger partial charge is 0.273 e. The van der Waals surface area contributed by atoms with Gasteiger partial charge in [0.25, 0.3) is 15.7 Å². The number of nitrogens with zero attached hydrogens (tertiary/aromatic N) is 3. The van der Waals surface area contributed by atoms with Crippen LogP contribution in [0.5, 0.6) is 0 Å². The molecule has 0 saturated carbocycles. The highest BCUT2D eigenvalue weighted by atomic mass is 32.2. The topological polar surface area (TPSA) is 107 Å². The maximum Gasteiger partial charge on any atom is 0.273 e. The van der Waals surface area contributed by atoms with Gasteiger partial charge in [-0.05, 0) is 37.3 Å². The number of fused-ring (bicyclic) bond motifs is 1. The van der Waals surface area contributed by atoms with E-state index >= 15 is 0 Å². The number of aromatic nitrogens is 2. The van der Waals surface area contributed by atoms with Crippen molar-refractivity contribution in [3.8, 4) is 11.3 Å². The van der Waals surface area contributed by atoms with Crippen molar-refractivity contribution < 1.29 is 13.3 Å². The lowest BCUT2D eigenvalue weighted by Crippen LogP contribution is -2.13. The number of nitrogens with one attached hydrogen (secondary N) is 1. The molecule has 0 spiro atoms. The number of aryl methyl sites for hydroxylation is 1. The lowest BCUT2D eigenvalue weighted by Gasteiger charge is -2.09. The zero-order chi connectivity index (χ0) is 20.6. The molecule has 8 nitrogen and oxygen atoms in total. The summed E-state index contributed by atoms with van der Waals surface area (Å²) in [7, 11) is -3.99. The molecular formula is C20H16N4O4S. The lowest BCUT2D eigenvalue weighted by molar-refractivity contribution is -0.385. The zero-order valence-corrected chi connectivity index (χ0v) is 16.1. The molecule has 9 heteroatoms. The van der Waals surface area contributed by atoms with Crippen molar-refractivity contribution in [2.45, 2.75) is 11.8 Å². The number of imidazole rings is 1. The van der Waals surface area contributed by atoms with E-state index in [1.165, 1.54) is 12.1 Å². The van der Waals surface area contributed by atoms with Crippen LogP contribution in [0.3, 0.4) is 0 Å². The Bertz CT molecular complexity index is 1310. The SMILES string of the molecule is Cc1ccc(S(=O)(=O)Nc2cccc(-c3cn4ccccc4n3)c2)cc1[N+](=O)[O-]. The minimum atomic E-state index is -3.99. The van der Waals surface area contributed by atoms with Crippen molar-refractivity contribution in [3.63, 3.8) is 0 Å². The maximum absolute atomic E-state index is 12.7. The molecule has 0 aliphatic carbocycles. The van der Waals surface area contributed by atoms with E-state index in [0.29, 0.717) is 16.9 Å². The summed E-state index contributed by atoms with van der Waals surface area (Å²) in [5, 5.41) is 11.1. The van der Waals surface area contributed by atoms with E-state index in [-0.39, 0.29) is 10.6 Å². The molecule has 0 fully saturated rings. The van der Waals surface area contributed by atoms with E-state index in [2.05, 4.69) is 9.71 Å². The highest BCUT2D eigenvalue weighted by Crippen LogP contribution is 2.26. The van der Waals surface area contributed by atoms with E-state index in [9.17, 15) is 18.5 Å². The second-order valence-electron chi connectivity index (χ2n) is 6.48. The van der Waals surface area contributed by atoms with Crippen LogP contribution in [0.25, 0.3) is 16.9 Å². The molecule has 0 aliphatic heterocycles. The summed E-state index contributed by atoms with van der Waals surface area (Å²) in [4.78, 5) is 14.9. The summed E-state index contributed by atoms with van der Waals surface area (Å²) in [6, 6.07) is 16.3. The van der Waals surface area contributed by atoms with Crippen molar-refractivity contribution in [2.24, 2.45) is 0 Å². The number of sulfonamides is 1. The summed E-state index contributed by atoms with van der Waals surface area (Å²) >= 11 is 0. The molecule has 0 unspecified atom stereocenters. The van der Waals surface area contributed by atoms with Crippen molar-refractivity contribution in [1.29, 1.82) is 0 Å². The predicted molar refractivity (Wildman–Crippen MR) is 109 cm³/mol. The van der Waals surface area contributed by atoms with Gasteiger partial charge >= 0.3 is 0 Å². The fourth-order valence-corrected chi connectivity index (χ4v) is 4.05. The normalized spacial score (nSPS) is 11.5. The van der Waals surface area contributed by atoms with Gasteiger partial charge in [0.1, 0.15) is 5.65 Å². The number of nitro benzene ring substituents is 1. The molecule has 146 valence electrons. The molecule has 29 heavy (non-hydrogen) atoms. The second kappa shape index (κ2) is 7.02. The first-order chi connectivity index (χ1) is 13.8. The average Bonchev–Trinajstić information content (AvgIpc) is 3.12. The minimum Gasteiger partial charge on any atom is -0.306 e. The van der Waals surface area contributed by atoms with Gasteiger partial charge in [0, 0.05) is 35.3 Å². The van der Waals surface area contributed by atoms with Gasteiger partial charge in [-0.1, -0.05) is 24.3 Å². The standard InChI is InChI=1S/C20H16N4O4S/c1-14-8-9-17(12-19(14)24(25)26)29(27,28)22-16-6-4-5-15(11-16)18-13-23-10-3-2-7-20(23)21-18/h2-13,22H,1H3. The highest BCUT2D eigenvalue weighted by Gasteiger charge is 2.20. The van der Waals surface area contributed by atoms with Crippen molar-refractivity contribution in [2.75, 3.05) is 4.72 Å². The van der Waals surface area contributed by atoms with Gasteiger partial charge in [-0.15, -0.1) is 0 Å². The first-order valence-electron chi connectivity index (χ1n) is 8.65. The Morgan fingerprint density at radius 3 is 2.66 bits per heavy atom. The minimum absolute atomic E-state index is 0.173. The third kappa shape index (κ3) is 3.67. The molecule has 2 heterocycles. The number of benzene rings is 2. The molecule has 2 aromatic carbocycles. The number of hydrogen-bond donors (Lipinski definition) is 1. The fraction of sp³-hybridized carbons (Fsp3) is 0.0500. The molecule has 0 radical (unpaired) electrons. The third-order valence-corrected chi connectivity index (χ3v) is 5.84. The monoisotopic (exact) mass is 408 g/mol. The molecule has 0 saturated heterocycles. The third-order valence-electron chi connectivity index (χ3n) is 4.46. The van der Waals surface area contributed by atoms with Gasteiger partial charge in [-0.25, -0.2) is 13.4 Å². The van der Waals surface area contributed by atoms with Crippen LogP contribution in [-0.2, 0) is 10.0 Å². The molecule has 0 aliphatic rings. The first-order valence-corrected chi connectivity index (χ1v) is 10.1. The Morgan fingerprint density at radius 2 is 1.90 bits per heavy atom. The molecular weight excluding hydrogens is 392 g/mol. The van der Waals surface area contributed by atoms with Crippen LogP contribution in [0.15, 0.2) is 78.0 Å². The van der Waals surface area contributed by atoms with Gasteiger partial charge in [-0.3, -0.25) is 14.8 Å². The van der Waals surface area contributed by atoms with Gasteiger partial charge in [-0.2, -0.15) is 0 Å². The van der Waals surface area contributed by atoms with Crippen LogP contribution in [0.2, 0.25) is 0 Å². The quantitative estimate of drug-likeness (QED) is 0.396. The molecule has 4 rings (SSSR count). The van der Waals surface area contributed by atoms with E-state index in [1.54, 1.807) is 25.1 Å². The Kier molecular flexibility index (Phi) is 4.51. The molecule has 1 N–H and O–H groups in total. The van der Waals surface area contributed by atoms with Crippen molar-refractivity contribution in [3.05, 3.63) is 88.7 Å². The summed E-state index contributed by atoms with van der Waals surface area (Å²) in [6.07, 6.45) is 3.73. The van der Waals surface area contributed by atoms with Gasteiger partial charge < -0.3 is 4.40 Å². The summed E-state index contributed by atoms with van der Waals surface area (Å²) in [6.45, 7) is 1.56. The summed E-state index contributed by atoms with van der Waals surface area (Å²) in [5.74, 6) is 0. The highest BCUT2D eigenvalue weighted by molar-refractivity contribution is 7.92. The van der Waals surface area contributed by atoms with Crippen LogP contribution in [0.4, 0.5) is 11.4 Å². The number of hydrogen-bond acceptors (Lipinski definition) is 5. The van der Waals surface area contributed by atoms with Crippen LogP contribution in [0, 0.1) is 17.0 Å². The Balaban J connectivity index is 1.67.